The molecule has 0 unspecified atom stereocenters. The van der Waals surface area contributed by atoms with Gasteiger partial charge in [-0.25, -0.2) is 0 Å². The van der Waals surface area contributed by atoms with Gasteiger partial charge in [0, 0.05) is 30.9 Å². The Labute approximate surface area is 163 Å². The highest BCUT2D eigenvalue weighted by atomic mass is 32.1. The number of ether oxygens (including phenoxy) is 1. The first-order valence-corrected chi connectivity index (χ1v) is 10.5. The van der Waals surface area contributed by atoms with E-state index in [9.17, 15) is 0 Å². The molecule has 0 atom stereocenters. The Balaban J connectivity index is 1.56. The van der Waals surface area contributed by atoms with Crippen LogP contribution in [0.15, 0.2) is 24.3 Å². The van der Waals surface area contributed by atoms with Crippen LogP contribution >= 0.6 is 12.2 Å². The number of hydrogen-bond acceptors (Lipinski definition) is 3. The Morgan fingerprint density at radius 2 is 1.77 bits per heavy atom. The summed E-state index contributed by atoms with van der Waals surface area (Å²) in [6, 6.07) is 8.57. The van der Waals surface area contributed by atoms with Crippen LogP contribution in [0.25, 0.3) is 0 Å². The molecule has 1 aliphatic carbocycles. The van der Waals surface area contributed by atoms with E-state index in [1.807, 2.05) is 0 Å². The van der Waals surface area contributed by atoms with E-state index in [1.165, 1.54) is 37.7 Å². The van der Waals surface area contributed by atoms with Crippen molar-refractivity contribution in [2.75, 3.05) is 38.2 Å². The molecule has 1 aromatic carbocycles. The molecule has 1 heterocycles. The first-order valence-electron chi connectivity index (χ1n) is 10.1. The van der Waals surface area contributed by atoms with Crippen LogP contribution in [0, 0.1) is 0 Å². The second-order valence-electron chi connectivity index (χ2n) is 7.97. The second-order valence-corrected chi connectivity index (χ2v) is 8.38. The van der Waals surface area contributed by atoms with E-state index in [2.05, 4.69) is 53.6 Å². The Morgan fingerprint density at radius 1 is 1.12 bits per heavy atom. The maximum atomic E-state index is 5.57. The number of hydrogen-bond donors (Lipinski definition) is 2. The van der Waals surface area contributed by atoms with Crippen molar-refractivity contribution in [3.8, 4) is 0 Å². The zero-order chi connectivity index (χ0) is 18.4. The van der Waals surface area contributed by atoms with Crippen molar-refractivity contribution in [2.45, 2.75) is 57.4 Å². The van der Waals surface area contributed by atoms with Crippen molar-refractivity contribution in [3.63, 3.8) is 0 Å². The number of thiocarbonyl (C=S) groups is 1. The van der Waals surface area contributed by atoms with Gasteiger partial charge in [-0.3, -0.25) is 4.90 Å². The molecule has 5 heteroatoms. The summed E-state index contributed by atoms with van der Waals surface area (Å²) in [6.07, 6.45) is 6.50. The lowest BCUT2D eigenvalue weighted by atomic mass is 9.80. The molecule has 2 aliphatic rings. The summed E-state index contributed by atoms with van der Waals surface area (Å²) < 4.78 is 5.57. The van der Waals surface area contributed by atoms with E-state index >= 15 is 0 Å². The van der Waals surface area contributed by atoms with Gasteiger partial charge in [0.1, 0.15) is 0 Å². The number of morpholine rings is 1. The van der Waals surface area contributed by atoms with E-state index < -0.39 is 0 Å². The predicted molar refractivity (Wildman–Crippen MR) is 113 cm³/mol. The third-order valence-electron chi connectivity index (χ3n) is 5.88. The Hall–Kier alpha value is -1.17. The van der Waals surface area contributed by atoms with Gasteiger partial charge in [-0.1, -0.05) is 45.2 Å². The molecule has 1 saturated carbocycles. The number of benzene rings is 1. The van der Waals surface area contributed by atoms with Crippen LogP contribution in [0.1, 0.15) is 57.4 Å². The predicted octanol–water partition coefficient (Wildman–Crippen LogP) is 4.13. The summed E-state index contributed by atoms with van der Waals surface area (Å²) in [5, 5.41) is 7.58. The normalized spacial score (nSPS) is 20.7. The Morgan fingerprint density at radius 3 is 2.38 bits per heavy atom. The summed E-state index contributed by atoms with van der Waals surface area (Å²) >= 11 is 5.57. The van der Waals surface area contributed by atoms with Crippen molar-refractivity contribution in [1.29, 1.82) is 0 Å². The van der Waals surface area contributed by atoms with Crippen molar-refractivity contribution in [2.24, 2.45) is 0 Å². The van der Waals surface area contributed by atoms with Gasteiger partial charge in [0.05, 0.1) is 13.2 Å². The third kappa shape index (κ3) is 4.96. The van der Waals surface area contributed by atoms with E-state index in [-0.39, 0.29) is 5.54 Å². The van der Waals surface area contributed by atoms with Gasteiger partial charge in [0.25, 0.3) is 0 Å². The van der Waals surface area contributed by atoms with Gasteiger partial charge in [-0.15, -0.1) is 0 Å². The molecule has 0 aromatic heterocycles. The number of rotatable bonds is 5. The molecule has 3 rings (SSSR count). The molecule has 0 radical (unpaired) electrons. The monoisotopic (exact) mass is 375 g/mol. The van der Waals surface area contributed by atoms with Crippen molar-refractivity contribution < 1.29 is 4.74 Å². The topological polar surface area (TPSA) is 36.5 Å². The van der Waals surface area contributed by atoms with Gasteiger partial charge >= 0.3 is 0 Å². The number of nitrogens with one attached hydrogen (secondary N) is 2. The van der Waals surface area contributed by atoms with Crippen LogP contribution in [0.3, 0.4) is 0 Å². The molecule has 1 saturated heterocycles. The van der Waals surface area contributed by atoms with Crippen LogP contribution in [0.2, 0.25) is 0 Å². The lowest BCUT2D eigenvalue weighted by molar-refractivity contribution is -0.0351. The van der Waals surface area contributed by atoms with E-state index in [0.717, 1.165) is 43.6 Å². The molecule has 144 valence electrons. The highest BCUT2D eigenvalue weighted by molar-refractivity contribution is 7.80. The highest BCUT2D eigenvalue weighted by Gasteiger charge is 2.38. The number of anilines is 1. The van der Waals surface area contributed by atoms with Crippen LogP contribution in [0.4, 0.5) is 5.69 Å². The minimum atomic E-state index is 0.231. The second kappa shape index (κ2) is 9.16. The quantitative estimate of drug-likeness (QED) is 0.757. The summed E-state index contributed by atoms with van der Waals surface area (Å²) in [6.45, 7) is 9.13. The molecule has 2 N–H and O–H groups in total. The Kier molecular flexibility index (Phi) is 6.90. The summed E-state index contributed by atoms with van der Waals surface area (Å²) in [5.74, 6) is 0.550. The van der Waals surface area contributed by atoms with Gasteiger partial charge in [0.2, 0.25) is 0 Å². The van der Waals surface area contributed by atoms with E-state index in [4.69, 9.17) is 17.0 Å². The van der Waals surface area contributed by atoms with Crippen molar-refractivity contribution in [3.05, 3.63) is 29.8 Å². The smallest absolute Gasteiger partial charge is 0.170 e. The van der Waals surface area contributed by atoms with Gasteiger partial charge in [-0.05, 0) is 48.7 Å². The summed E-state index contributed by atoms with van der Waals surface area (Å²) in [5.41, 5.74) is 2.63. The SMILES string of the molecule is CC(C)c1ccc(NC(=S)NCC2(N3CCOCC3)CCCCC2)cc1. The van der Waals surface area contributed by atoms with Crippen LogP contribution in [-0.2, 0) is 4.74 Å². The number of nitrogens with zero attached hydrogens (tertiary/aromatic N) is 1. The van der Waals surface area contributed by atoms with Crippen molar-refractivity contribution >= 4 is 23.0 Å². The van der Waals surface area contributed by atoms with Crippen LogP contribution in [-0.4, -0.2) is 48.4 Å². The molecule has 1 aromatic rings. The summed E-state index contributed by atoms with van der Waals surface area (Å²) in [4.78, 5) is 2.64. The standard InChI is InChI=1S/C21H33N3OS/c1-17(2)18-6-8-19(9-7-18)23-20(26)22-16-21(10-4-3-5-11-21)24-12-14-25-15-13-24/h6-9,17H,3-5,10-16H2,1-2H3,(H2,22,23,26). The highest BCUT2D eigenvalue weighted by Crippen LogP contribution is 2.33. The lowest BCUT2D eigenvalue weighted by Gasteiger charge is -2.48. The first kappa shape index (κ1) is 19.6. The zero-order valence-electron chi connectivity index (χ0n) is 16.2. The van der Waals surface area contributed by atoms with E-state index in [0.29, 0.717) is 5.92 Å². The Bertz CT molecular complexity index is 575. The molecule has 2 fully saturated rings. The largest absolute Gasteiger partial charge is 0.379 e. The first-order chi connectivity index (χ1) is 12.6. The molecule has 0 amide bonds. The average Bonchev–Trinajstić information content (AvgIpc) is 2.68. The zero-order valence-corrected chi connectivity index (χ0v) is 17.0. The fourth-order valence-electron chi connectivity index (χ4n) is 4.22. The molecule has 0 bridgehead atoms. The molecule has 0 spiro atoms. The van der Waals surface area contributed by atoms with Gasteiger partial charge in [0.15, 0.2) is 5.11 Å². The van der Waals surface area contributed by atoms with E-state index in [1.54, 1.807) is 0 Å². The third-order valence-corrected chi connectivity index (χ3v) is 6.13. The van der Waals surface area contributed by atoms with Gasteiger partial charge < -0.3 is 15.4 Å². The molecular formula is C21H33N3OS. The average molecular weight is 376 g/mol. The van der Waals surface area contributed by atoms with Crippen LogP contribution < -0.4 is 10.6 Å². The molecular weight excluding hydrogens is 342 g/mol. The summed E-state index contributed by atoms with van der Waals surface area (Å²) in [7, 11) is 0. The maximum absolute atomic E-state index is 5.57. The lowest BCUT2D eigenvalue weighted by Crippen LogP contribution is -2.60. The van der Waals surface area contributed by atoms with Gasteiger partial charge in [-0.2, -0.15) is 0 Å². The fraction of sp³-hybridized carbons (Fsp3) is 0.667. The molecule has 1 aliphatic heterocycles. The van der Waals surface area contributed by atoms with Crippen molar-refractivity contribution in [1.82, 2.24) is 10.2 Å². The molecule has 26 heavy (non-hydrogen) atoms. The molecule has 4 nitrogen and oxygen atoms in total. The minimum Gasteiger partial charge on any atom is -0.379 e. The fourth-order valence-corrected chi connectivity index (χ4v) is 4.41. The van der Waals surface area contributed by atoms with Crippen LogP contribution in [0.5, 0.6) is 0 Å². The minimum absolute atomic E-state index is 0.231. The maximum Gasteiger partial charge on any atom is 0.170 e.